The Labute approximate surface area is 215 Å². The molecule has 1 aliphatic heterocycles. The number of morpholine rings is 1. The maximum absolute atomic E-state index is 12.8. The summed E-state index contributed by atoms with van der Waals surface area (Å²) in [6.45, 7) is 7.38. The fourth-order valence-corrected chi connectivity index (χ4v) is 4.84. The van der Waals surface area contributed by atoms with Crippen molar-refractivity contribution in [2.24, 2.45) is 0 Å². The zero-order valence-corrected chi connectivity index (χ0v) is 21.3. The third-order valence-electron chi connectivity index (χ3n) is 6.09. The quantitative estimate of drug-likeness (QED) is 0.356. The summed E-state index contributed by atoms with van der Waals surface area (Å²) < 4.78 is 7.43. The summed E-state index contributed by atoms with van der Waals surface area (Å²) in [6, 6.07) is 24.4. The number of aromatic nitrogens is 3. The molecule has 0 aliphatic carbocycles. The minimum atomic E-state index is -0.0885. The largest absolute Gasteiger partial charge is 0.378 e. The van der Waals surface area contributed by atoms with Crippen LogP contribution in [-0.2, 0) is 9.53 Å². The highest BCUT2D eigenvalue weighted by molar-refractivity contribution is 7.99. The molecule has 7 nitrogen and oxygen atoms in total. The predicted molar refractivity (Wildman–Crippen MR) is 145 cm³/mol. The molecule has 0 bridgehead atoms. The molecule has 0 saturated carbocycles. The van der Waals surface area contributed by atoms with Crippen molar-refractivity contribution in [1.82, 2.24) is 14.8 Å². The van der Waals surface area contributed by atoms with E-state index in [9.17, 15) is 4.79 Å². The number of anilines is 2. The van der Waals surface area contributed by atoms with E-state index in [2.05, 4.69) is 70.7 Å². The van der Waals surface area contributed by atoms with Gasteiger partial charge in [0.15, 0.2) is 11.0 Å². The molecule has 1 saturated heterocycles. The number of amides is 1. The van der Waals surface area contributed by atoms with E-state index >= 15 is 0 Å². The number of hydrogen-bond donors (Lipinski definition) is 1. The second-order valence-electron chi connectivity index (χ2n) is 8.83. The van der Waals surface area contributed by atoms with E-state index < -0.39 is 0 Å². The Hall–Kier alpha value is -3.62. The average Bonchev–Trinajstić information content (AvgIpc) is 3.33. The van der Waals surface area contributed by atoms with Gasteiger partial charge in [-0.2, -0.15) is 0 Å². The van der Waals surface area contributed by atoms with E-state index in [1.165, 1.54) is 22.9 Å². The lowest BCUT2D eigenvalue weighted by Crippen LogP contribution is -2.36. The Bertz CT molecular complexity index is 1310. The number of thioether (sulfide) groups is 1. The van der Waals surface area contributed by atoms with Crippen LogP contribution in [0.4, 0.5) is 11.4 Å². The van der Waals surface area contributed by atoms with Gasteiger partial charge in [-0.15, -0.1) is 10.2 Å². The van der Waals surface area contributed by atoms with Gasteiger partial charge < -0.3 is 15.0 Å². The predicted octanol–water partition coefficient (Wildman–Crippen LogP) is 5.12. The molecule has 36 heavy (non-hydrogen) atoms. The summed E-state index contributed by atoms with van der Waals surface area (Å²) in [6.07, 6.45) is 0. The number of nitrogens with zero attached hydrogens (tertiary/aromatic N) is 4. The normalized spacial score (nSPS) is 13.6. The maximum atomic E-state index is 12.8. The molecule has 0 unspecified atom stereocenters. The Morgan fingerprint density at radius 3 is 2.14 bits per heavy atom. The summed E-state index contributed by atoms with van der Waals surface area (Å²) in [5.41, 5.74) is 6.22. The van der Waals surface area contributed by atoms with Gasteiger partial charge in [-0.1, -0.05) is 59.3 Å². The lowest BCUT2D eigenvalue weighted by atomic mass is 10.1. The number of carbonyl (C=O) groups excluding carboxylic acids is 1. The number of hydrogen-bond acceptors (Lipinski definition) is 6. The second kappa shape index (κ2) is 11.0. The van der Waals surface area contributed by atoms with Crippen molar-refractivity contribution < 1.29 is 9.53 Å². The number of benzene rings is 3. The monoisotopic (exact) mass is 499 g/mol. The molecular weight excluding hydrogens is 470 g/mol. The Morgan fingerprint density at radius 2 is 1.47 bits per heavy atom. The number of aryl methyl sites for hydroxylation is 2. The van der Waals surface area contributed by atoms with Crippen LogP contribution < -0.4 is 10.2 Å². The van der Waals surface area contributed by atoms with E-state index in [0.29, 0.717) is 5.16 Å². The van der Waals surface area contributed by atoms with E-state index in [4.69, 9.17) is 4.74 Å². The van der Waals surface area contributed by atoms with Gasteiger partial charge in [0.2, 0.25) is 5.91 Å². The molecule has 2 heterocycles. The van der Waals surface area contributed by atoms with Crippen molar-refractivity contribution in [3.8, 4) is 17.1 Å². The number of rotatable bonds is 7. The van der Waals surface area contributed by atoms with Gasteiger partial charge in [0.25, 0.3) is 0 Å². The molecule has 184 valence electrons. The highest BCUT2D eigenvalue weighted by Crippen LogP contribution is 2.28. The van der Waals surface area contributed by atoms with Crippen molar-refractivity contribution in [3.05, 3.63) is 83.9 Å². The summed E-state index contributed by atoms with van der Waals surface area (Å²) in [5, 5.41) is 12.6. The molecule has 5 rings (SSSR count). The van der Waals surface area contributed by atoms with Crippen molar-refractivity contribution in [1.29, 1.82) is 0 Å². The third-order valence-corrected chi connectivity index (χ3v) is 7.02. The van der Waals surface area contributed by atoms with E-state index in [1.807, 2.05) is 41.0 Å². The lowest BCUT2D eigenvalue weighted by Gasteiger charge is -2.28. The molecule has 1 fully saturated rings. The van der Waals surface area contributed by atoms with Crippen molar-refractivity contribution in [3.63, 3.8) is 0 Å². The SMILES string of the molecule is Cc1ccc(-c2nnc(SCC(=O)Nc3ccc(N4CCOCC4)cc3)n2-c2ccc(C)cc2)cc1. The van der Waals surface area contributed by atoms with Gasteiger partial charge >= 0.3 is 0 Å². The average molecular weight is 500 g/mol. The van der Waals surface area contributed by atoms with Crippen LogP contribution in [0, 0.1) is 13.8 Å². The molecule has 1 amide bonds. The molecule has 3 aromatic carbocycles. The van der Waals surface area contributed by atoms with E-state index in [1.54, 1.807) is 0 Å². The van der Waals surface area contributed by atoms with Gasteiger partial charge in [-0.3, -0.25) is 9.36 Å². The first-order chi connectivity index (χ1) is 17.6. The highest BCUT2D eigenvalue weighted by atomic mass is 32.2. The zero-order valence-electron chi connectivity index (χ0n) is 20.5. The van der Waals surface area contributed by atoms with Crippen molar-refractivity contribution in [2.45, 2.75) is 19.0 Å². The number of carbonyl (C=O) groups is 1. The van der Waals surface area contributed by atoms with Crippen LogP contribution in [0.15, 0.2) is 78.0 Å². The molecular formula is C28H29N5O2S. The Morgan fingerprint density at radius 1 is 0.861 bits per heavy atom. The summed E-state index contributed by atoms with van der Waals surface area (Å²) in [4.78, 5) is 15.0. The van der Waals surface area contributed by atoms with Crippen LogP contribution in [0.5, 0.6) is 0 Å². The smallest absolute Gasteiger partial charge is 0.234 e. The second-order valence-corrected chi connectivity index (χ2v) is 9.77. The van der Waals surface area contributed by atoms with Crippen molar-refractivity contribution >= 4 is 29.0 Å². The molecule has 1 N–H and O–H groups in total. The molecule has 1 aromatic heterocycles. The Kier molecular flexibility index (Phi) is 7.34. The van der Waals surface area contributed by atoms with Gasteiger partial charge in [-0.05, 0) is 50.2 Å². The molecule has 0 radical (unpaired) electrons. The number of nitrogens with one attached hydrogen (secondary N) is 1. The van der Waals surface area contributed by atoms with Crippen LogP contribution in [0.2, 0.25) is 0 Å². The molecule has 0 atom stereocenters. The molecule has 8 heteroatoms. The molecule has 4 aromatic rings. The standard InChI is InChI=1S/C28H29N5O2S/c1-20-3-7-22(8-4-20)27-30-31-28(33(27)25-11-5-21(2)6-12-25)36-19-26(34)29-23-9-13-24(14-10-23)32-15-17-35-18-16-32/h3-14H,15-19H2,1-2H3,(H,29,34). The van der Waals surface area contributed by atoms with Crippen LogP contribution >= 0.6 is 11.8 Å². The van der Waals surface area contributed by atoms with E-state index in [0.717, 1.165) is 54.8 Å². The van der Waals surface area contributed by atoms with Crippen LogP contribution in [0.3, 0.4) is 0 Å². The maximum Gasteiger partial charge on any atom is 0.234 e. The topological polar surface area (TPSA) is 72.3 Å². The number of ether oxygens (including phenoxy) is 1. The van der Waals surface area contributed by atoms with E-state index in [-0.39, 0.29) is 11.7 Å². The third kappa shape index (κ3) is 5.61. The summed E-state index contributed by atoms with van der Waals surface area (Å²) in [5.74, 6) is 0.887. The fraction of sp³-hybridized carbons (Fsp3) is 0.250. The van der Waals surface area contributed by atoms with Crippen LogP contribution in [0.1, 0.15) is 11.1 Å². The first-order valence-corrected chi connectivity index (χ1v) is 13.0. The van der Waals surface area contributed by atoms with Gasteiger partial charge in [0.05, 0.1) is 19.0 Å². The van der Waals surface area contributed by atoms with Crippen LogP contribution in [-0.4, -0.2) is 52.7 Å². The lowest BCUT2D eigenvalue weighted by molar-refractivity contribution is -0.113. The zero-order chi connectivity index (χ0) is 24.9. The minimum Gasteiger partial charge on any atom is -0.378 e. The Balaban J connectivity index is 1.30. The van der Waals surface area contributed by atoms with Gasteiger partial charge in [0, 0.05) is 35.7 Å². The van der Waals surface area contributed by atoms with Crippen LogP contribution in [0.25, 0.3) is 17.1 Å². The summed E-state index contributed by atoms with van der Waals surface area (Å²) >= 11 is 1.37. The van der Waals surface area contributed by atoms with Gasteiger partial charge in [-0.25, -0.2) is 0 Å². The fourth-order valence-electron chi connectivity index (χ4n) is 4.08. The van der Waals surface area contributed by atoms with Gasteiger partial charge in [0.1, 0.15) is 0 Å². The summed E-state index contributed by atoms with van der Waals surface area (Å²) in [7, 11) is 0. The first kappa shape index (κ1) is 24.1. The minimum absolute atomic E-state index is 0.0885. The first-order valence-electron chi connectivity index (χ1n) is 12.0. The van der Waals surface area contributed by atoms with Crippen molar-refractivity contribution in [2.75, 3.05) is 42.3 Å². The highest BCUT2D eigenvalue weighted by Gasteiger charge is 2.18. The molecule has 1 aliphatic rings. The molecule has 0 spiro atoms.